The lowest BCUT2D eigenvalue weighted by molar-refractivity contribution is 0.357. The molecule has 1 aliphatic carbocycles. The van der Waals surface area contributed by atoms with Gasteiger partial charge in [-0.2, -0.15) is 0 Å². The molecule has 0 unspecified atom stereocenters. The van der Waals surface area contributed by atoms with Gasteiger partial charge in [0.05, 0.1) is 0 Å². The molecule has 0 amide bonds. The van der Waals surface area contributed by atoms with Crippen LogP contribution in [0.15, 0.2) is 0 Å². The summed E-state index contributed by atoms with van der Waals surface area (Å²) < 4.78 is 0. The van der Waals surface area contributed by atoms with Crippen LogP contribution in [0.25, 0.3) is 0 Å². The summed E-state index contributed by atoms with van der Waals surface area (Å²) in [4.78, 5) is 2.26. The predicted molar refractivity (Wildman–Crippen MR) is 62.7 cm³/mol. The Kier molecular flexibility index (Phi) is 6.20. The molecule has 14 heavy (non-hydrogen) atoms. The van der Waals surface area contributed by atoms with Gasteiger partial charge in [-0.15, -0.1) is 0 Å². The van der Waals surface area contributed by atoms with E-state index in [1.54, 1.807) is 0 Å². The zero-order valence-corrected chi connectivity index (χ0v) is 9.89. The standard InChI is InChI=1S/C12H26N2/c1-14(2)11-7-6-10-13-12-8-4-3-5-9-12/h12-13H,3-11H2,1-2H3. The third-order valence-electron chi connectivity index (χ3n) is 3.07. The van der Waals surface area contributed by atoms with Gasteiger partial charge in [-0.3, -0.25) is 0 Å². The van der Waals surface area contributed by atoms with Crippen molar-refractivity contribution in [3.63, 3.8) is 0 Å². The molecule has 0 bridgehead atoms. The molecule has 0 spiro atoms. The van der Waals surface area contributed by atoms with Gasteiger partial charge >= 0.3 is 0 Å². The predicted octanol–water partition coefficient (Wildman–Crippen LogP) is 2.25. The van der Waals surface area contributed by atoms with Gasteiger partial charge in [-0.25, -0.2) is 0 Å². The second-order valence-corrected chi connectivity index (χ2v) is 4.80. The maximum absolute atomic E-state index is 3.68. The van der Waals surface area contributed by atoms with E-state index in [1.165, 1.54) is 58.0 Å². The molecule has 84 valence electrons. The summed E-state index contributed by atoms with van der Waals surface area (Å²) in [7, 11) is 4.29. The first kappa shape index (κ1) is 12.0. The minimum Gasteiger partial charge on any atom is -0.314 e. The van der Waals surface area contributed by atoms with Gasteiger partial charge in [0.15, 0.2) is 0 Å². The lowest BCUT2D eigenvalue weighted by Crippen LogP contribution is -2.32. The number of unbranched alkanes of at least 4 members (excludes halogenated alkanes) is 1. The normalized spacial score (nSPS) is 19.1. The quantitative estimate of drug-likeness (QED) is 0.659. The minimum absolute atomic E-state index is 0.836. The highest BCUT2D eigenvalue weighted by Gasteiger charge is 2.11. The Bertz CT molecular complexity index is 128. The molecule has 0 aliphatic heterocycles. The molecule has 2 heteroatoms. The number of hydrogen-bond donors (Lipinski definition) is 1. The first-order valence-corrected chi connectivity index (χ1v) is 6.17. The van der Waals surface area contributed by atoms with Crippen LogP contribution in [0.2, 0.25) is 0 Å². The van der Waals surface area contributed by atoms with E-state index in [1.807, 2.05) is 0 Å². The molecule has 0 aromatic heterocycles. The van der Waals surface area contributed by atoms with Crippen LogP contribution in [0.1, 0.15) is 44.9 Å². The summed E-state index contributed by atoms with van der Waals surface area (Å²) in [5.41, 5.74) is 0. The van der Waals surface area contributed by atoms with Gasteiger partial charge in [0.2, 0.25) is 0 Å². The highest BCUT2D eigenvalue weighted by molar-refractivity contribution is 4.71. The molecule has 1 N–H and O–H groups in total. The van der Waals surface area contributed by atoms with E-state index in [4.69, 9.17) is 0 Å². The van der Waals surface area contributed by atoms with Crippen LogP contribution >= 0.6 is 0 Å². The lowest BCUT2D eigenvalue weighted by Gasteiger charge is -2.22. The molecule has 0 heterocycles. The van der Waals surface area contributed by atoms with E-state index in [-0.39, 0.29) is 0 Å². The molecule has 1 rings (SSSR count). The summed E-state index contributed by atoms with van der Waals surface area (Å²) >= 11 is 0. The SMILES string of the molecule is CN(C)CCCCNC1CCCCC1. The van der Waals surface area contributed by atoms with Crippen molar-refractivity contribution >= 4 is 0 Å². The third kappa shape index (κ3) is 5.61. The van der Waals surface area contributed by atoms with E-state index >= 15 is 0 Å². The van der Waals surface area contributed by atoms with Crippen LogP contribution in [0.5, 0.6) is 0 Å². The monoisotopic (exact) mass is 198 g/mol. The van der Waals surface area contributed by atoms with Gasteiger partial charge in [-0.1, -0.05) is 19.3 Å². The average Bonchev–Trinajstić information content (AvgIpc) is 2.18. The van der Waals surface area contributed by atoms with Crippen molar-refractivity contribution in [2.45, 2.75) is 51.0 Å². The van der Waals surface area contributed by atoms with Crippen LogP contribution in [-0.2, 0) is 0 Å². The number of nitrogens with one attached hydrogen (secondary N) is 1. The van der Waals surface area contributed by atoms with E-state index in [9.17, 15) is 0 Å². The Labute approximate surface area is 89.1 Å². The van der Waals surface area contributed by atoms with Crippen molar-refractivity contribution in [2.75, 3.05) is 27.2 Å². The molecule has 0 atom stereocenters. The van der Waals surface area contributed by atoms with E-state index in [2.05, 4.69) is 24.3 Å². The molecule has 1 fully saturated rings. The summed E-state index contributed by atoms with van der Waals surface area (Å²) in [5, 5.41) is 3.68. The van der Waals surface area contributed by atoms with E-state index in [0.29, 0.717) is 0 Å². The molecular weight excluding hydrogens is 172 g/mol. The second-order valence-electron chi connectivity index (χ2n) is 4.80. The number of nitrogens with zero attached hydrogens (tertiary/aromatic N) is 1. The fraction of sp³-hybridized carbons (Fsp3) is 1.00. The van der Waals surface area contributed by atoms with Crippen molar-refractivity contribution in [3.8, 4) is 0 Å². The van der Waals surface area contributed by atoms with Crippen LogP contribution in [0, 0.1) is 0 Å². The highest BCUT2D eigenvalue weighted by atomic mass is 15.0. The van der Waals surface area contributed by atoms with Crippen molar-refractivity contribution in [1.82, 2.24) is 10.2 Å². The van der Waals surface area contributed by atoms with Crippen LogP contribution in [0.3, 0.4) is 0 Å². The Balaban J connectivity index is 1.87. The van der Waals surface area contributed by atoms with Gasteiger partial charge in [0.25, 0.3) is 0 Å². The summed E-state index contributed by atoms with van der Waals surface area (Å²) in [6, 6.07) is 0.836. The van der Waals surface area contributed by atoms with Gasteiger partial charge in [0, 0.05) is 6.04 Å². The van der Waals surface area contributed by atoms with Crippen LogP contribution in [0.4, 0.5) is 0 Å². The van der Waals surface area contributed by atoms with Crippen LogP contribution < -0.4 is 5.32 Å². The van der Waals surface area contributed by atoms with Gasteiger partial charge < -0.3 is 10.2 Å². The number of hydrogen-bond acceptors (Lipinski definition) is 2. The summed E-state index contributed by atoms with van der Waals surface area (Å²) in [6.07, 6.45) is 9.81. The second kappa shape index (κ2) is 7.24. The minimum atomic E-state index is 0.836. The van der Waals surface area contributed by atoms with E-state index < -0.39 is 0 Å². The molecule has 0 aromatic carbocycles. The molecule has 1 saturated carbocycles. The number of rotatable bonds is 6. The van der Waals surface area contributed by atoms with Crippen molar-refractivity contribution in [3.05, 3.63) is 0 Å². The van der Waals surface area contributed by atoms with Crippen molar-refractivity contribution in [2.24, 2.45) is 0 Å². The average molecular weight is 198 g/mol. The largest absolute Gasteiger partial charge is 0.314 e. The van der Waals surface area contributed by atoms with Crippen LogP contribution in [-0.4, -0.2) is 38.1 Å². The van der Waals surface area contributed by atoms with E-state index in [0.717, 1.165) is 6.04 Å². The Morgan fingerprint density at radius 3 is 2.43 bits per heavy atom. The van der Waals surface area contributed by atoms with Gasteiger partial charge in [0.1, 0.15) is 0 Å². The molecular formula is C12H26N2. The molecule has 2 nitrogen and oxygen atoms in total. The fourth-order valence-electron chi connectivity index (χ4n) is 2.17. The zero-order chi connectivity index (χ0) is 10.2. The maximum Gasteiger partial charge on any atom is 0.00670 e. The first-order chi connectivity index (χ1) is 6.79. The Hall–Kier alpha value is -0.0800. The smallest absolute Gasteiger partial charge is 0.00670 e. The Morgan fingerprint density at radius 1 is 1.07 bits per heavy atom. The summed E-state index contributed by atoms with van der Waals surface area (Å²) in [6.45, 7) is 2.45. The molecule has 1 aliphatic rings. The fourth-order valence-corrected chi connectivity index (χ4v) is 2.17. The molecule has 0 aromatic rings. The van der Waals surface area contributed by atoms with Crippen molar-refractivity contribution in [1.29, 1.82) is 0 Å². The first-order valence-electron chi connectivity index (χ1n) is 6.17. The lowest BCUT2D eigenvalue weighted by atomic mass is 9.95. The topological polar surface area (TPSA) is 15.3 Å². The maximum atomic E-state index is 3.68. The molecule has 0 saturated heterocycles. The summed E-state index contributed by atoms with van der Waals surface area (Å²) in [5.74, 6) is 0. The zero-order valence-electron chi connectivity index (χ0n) is 9.89. The van der Waals surface area contributed by atoms with Gasteiger partial charge in [-0.05, 0) is 52.9 Å². The highest BCUT2D eigenvalue weighted by Crippen LogP contribution is 2.17. The molecule has 0 radical (unpaired) electrons. The van der Waals surface area contributed by atoms with Crippen molar-refractivity contribution < 1.29 is 0 Å². The Morgan fingerprint density at radius 2 is 1.79 bits per heavy atom. The third-order valence-corrected chi connectivity index (χ3v) is 3.07.